The SMILES string of the molecule is CCc1cnc(Cn2c(=S)[nH]c3ccc(C)nc32)s1. The lowest BCUT2D eigenvalue weighted by atomic mass is 10.3. The average Bonchev–Trinajstić information content (AvgIpc) is 2.96. The third-order valence-corrected chi connectivity index (χ3v) is 4.45. The number of pyridine rings is 1. The molecule has 0 saturated heterocycles. The molecule has 3 aromatic rings. The zero-order chi connectivity index (χ0) is 13.4. The lowest BCUT2D eigenvalue weighted by Gasteiger charge is -2.01. The van der Waals surface area contributed by atoms with Gasteiger partial charge in [-0.05, 0) is 37.7 Å². The topological polar surface area (TPSA) is 46.5 Å². The quantitative estimate of drug-likeness (QED) is 0.751. The fraction of sp³-hybridized carbons (Fsp3) is 0.308. The summed E-state index contributed by atoms with van der Waals surface area (Å²) in [7, 11) is 0. The maximum absolute atomic E-state index is 5.37. The first-order valence-electron chi connectivity index (χ1n) is 6.17. The van der Waals surface area contributed by atoms with Crippen LogP contribution in [0.1, 0.15) is 22.5 Å². The minimum absolute atomic E-state index is 0.681. The molecule has 0 aliphatic rings. The van der Waals surface area contributed by atoms with Crippen LogP contribution in [-0.2, 0) is 13.0 Å². The van der Waals surface area contributed by atoms with Crippen LogP contribution in [0.4, 0.5) is 0 Å². The van der Waals surface area contributed by atoms with Gasteiger partial charge in [-0.25, -0.2) is 9.97 Å². The number of hydrogen-bond acceptors (Lipinski definition) is 4. The number of thiazole rings is 1. The summed E-state index contributed by atoms with van der Waals surface area (Å²) in [5, 5.41) is 1.07. The first-order chi connectivity index (χ1) is 9.17. The molecule has 4 nitrogen and oxygen atoms in total. The van der Waals surface area contributed by atoms with E-state index in [1.807, 2.05) is 29.8 Å². The fourth-order valence-corrected chi connectivity index (χ4v) is 3.10. The van der Waals surface area contributed by atoms with Crippen LogP contribution in [0.15, 0.2) is 18.3 Å². The summed E-state index contributed by atoms with van der Waals surface area (Å²) in [5.74, 6) is 0. The van der Waals surface area contributed by atoms with E-state index in [0.29, 0.717) is 11.3 Å². The largest absolute Gasteiger partial charge is 0.329 e. The van der Waals surface area contributed by atoms with Crippen LogP contribution in [0.5, 0.6) is 0 Å². The average molecular weight is 290 g/mol. The molecular formula is C13H14N4S2. The molecule has 0 aliphatic carbocycles. The summed E-state index contributed by atoms with van der Waals surface area (Å²) in [5.41, 5.74) is 2.87. The zero-order valence-corrected chi connectivity index (χ0v) is 12.4. The lowest BCUT2D eigenvalue weighted by Crippen LogP contribution is -2.00. The smallest absolute Gasteiger partial charge is 0.179 e. The molecule has 0 bridgehead atoms. The van der Waals surface area contributed by atoms with E-state index in [4.69, 9.17) is 12.2 Å². The molecule has 3 rings (SSSR count). The van der Waals surface area contributed by atoms with E-state index in [0.717, 1.165) is 28.3 Å². The van der Waals surface area contributed by atoms with Crippen molar-refractivity contribution in [2.75, 3.05) is 0 Å². The Balaban J connectivity index is 2.06. The Labute approximate surface area is 120 Å². The van der Waals surface area contributed by atoms with Gasteiger partial charge in [0.1, 0.15) is 5.01 Å². The number of nitrogens with one attached hydrogen (secondary N) is 1. The minimum atomic E-state index is 0.681. The Morgan fingerprint density at radius 3 is 3.00 bits per heavy atom. The summed E-state index contributed by atoms with van der Waals surface area (Å²) in [6.45, 7) is 4.80. The van der Waals surface area contributed by atoms with Gasteiger partial charge in [0.25, 0.3) is 0 Å². The normalized spacial score (nSPS) is 11.3. The Hall–Kier alpha value is -1.53. The van der Waals surface area contributed by atoms with E-state index in [9.17, 15) is 0 Å². The predicted molar refractivity (Wildman–Crippen MR) is 80.2 cm³/mol. The van der Waals surface area contributed by atoms with Gasteiger partial charge in [0, 0.05) is 16.8 Å². The molecule has 3 heterocycles. The number of aromatic nitrogens is 4. The Kier molecular flexibility index (Phi) is 3.20. The molecule has 19 heavy (non-hydrogen) atoms. The molecule has 98 valence electrons. The molecule has 0 aliphatic heterocycles. The molecule has 1 N–H and O–H groups in total. The van der Waals surface area contributed by atoms with Gasteiger partial charge < -0.3 is 4.98 Å². The number of rotatable bonds is 3. The maximum atomic E-state index is 5.37. The van der Waals surface area contributed by atoms with E-state index in [1.165, 1.54) is 4.88 Å². The van der Waals surface area contributed by atoms with Crippen LogP contribution < -0.4 is 0 Å². The van der Waals surface area contributed by atoms with Gasteiger partial charge in [-0.3, -0.25) is 4.57 Å². The van der Waals surface area contributed by atoms with Crippen molar-refractivity contribution >= 4 is 34.7 Å². The summed E-state index contributed by atoms with van der Waals surface area (Å²) < 4.78 is 2.71. The predicted octanol–water partition coefficient (Wildman–Crippen LogP) is 3.47. The molecule has 0 radical (unpaired) electrons. The van der Waals surface area contributed by atoms with Crippen LogP contribution in [-0.4, -0.2) is 19.5 Å². The van der Waals surface area contributed by atoms with Crippen molar-refractivity contribution in [3.63, 3.8) is 0 Å². The molecule has 0 spiro atoms. The molecule has 0 fully saturated rings. The van der Waals surface area contributed by atoms with Crippen molar-refractivity contribution in [2.45, 2.75) is 26.8 Å². The third-order valence-electron chi connectivity index (χ3n) is 3.00. The fourth-order valence-electron chi connectivity index (χ4n) is 1.99. The van der Waals surface area contributed by atoms with Crippen LogP contribution in [0, 0.1) is 11.7 Å². The molecule has 6 heteroatoms. The highest BCUT2D eigenvalue weighted by Crippen LogP contribution is 2.18. The number of H-pyrrole nitrogens is 1. The second-order valence-corrected chi connectivity index (χ2v) is 6.00. The standard InChI is InChI=1S/C13H14N4S2/c1-3-9-6-14-11(19-9)7-17-12-10(16-13(17)18)5-4-8(2)15-12/h4-6H,3,7H2,1-2H3,(H,16,18). The number of hydrogen-bond donors (Lipinski definition) is 1. The number of aryl methyl sites for hydroxylation is 2. The van der Waals surface area contributed by atoms with Crippen LogP contribution in [0.25, 0.3) is 11.2 Å². The highest BCUT2D eigenvalue weighted by atomic mass is 32.1. The summed E-state index contributed by atoms with van der Waals surface area (Å²) >= 11 is 7.11. The van der Waals surface area contributed by atoms with Gasteiger partial charge in [0.05, 0.1) is 12.1 Å². The lowest BCUT2D eigenvalue weighted by molar-refractivity contribution is 0.792. The first-order valence-corrected chi connectivity index (χ1v) is 7.39. The van der Waals surface area contributed by atoms with E-state index in [2.05, 4.69) is 21.9 Å². The minimum Gasteiger partial charge on any atom is -0.329 e. The second kappa shape index (κ2) is 4.86. The van der Waals surface area contributed by atoms with Crippen LogP contribution in [0.3, 0.4) is 0 Å². The molecule has 0 aromatic carbocycles. The van der Waals surface area contributed by atoms with Crippen LogP contribution >= 0.6 is 23.6 Å². The monoisotopic (exact) mass is 290 g/mol. The van der Waals surface area contributed by atoms with Gasteiger partial charge >= 0.3 is 0 Å². The van der Waals surface area contributed by atoms with Crippen molar-refractivity contribution in [3.05, 3.63) is 38.7 Å². The van der Waals surface area contributed by atoms with Crippen molar-refractivity contribution in [3.8, 4) is 0 Å². The van der Waals surface area contributed by atoms with E-state index in [-0.39, 0.29) is 0 Å². The second-order valence-electron chi connectivity index (χ2n) is 4.41. The third kappa shape index (κ3) is 2.33. The van der Waals surface area contributed by atoms with Crippen molar-refractivity contribution in [1.82, 2.24) is 19.5 Å². The number of nitrogens with zero attached hydrogens (tertiary/aromatic N) is 3. The van der Waals surface area contributed by atoms with E-state index >= 15 is 0 Å². The zero-order valence-electron chi connectivity index (χ0n) is 10.8. The number of fused-ring (bicyclic) bond motifs is 1. The molecular weight excluding hydrogens is 276 g/mol. The first kappa shape index (κ1) is 12.5. The molecule has 0 unspecified atom stereocenters. The molecule has 0 saturated carbocycles. The van der Waals surface area contributed by atoms with Crippen molar-refractivity contribution in [2.24, 2.45) is 0 Å². The highest BCUT2D eigenvalue weighted by Gasteiger charge is 2.09. The highest BCUT2D eigenvalue weighted by molar-refractivity contribution is 7.71. The van der Waals surface area contributed by atoms with Crippen molar-refractivity contribution in [1.29, 1.82) is 0 Å². The maximum Gasteiger partial charge on any atom is 0.179 e. The molecule has 3 aromatic heterocycles. The van der Waals surface area contributed by atoms with Gasteiger partial charge in [0.15, 0.2) is 10.4 Å². The number of imidazole rings is 1. The number of aromatic amines is 1. The Morgan fingerprint density at radius 2 is 2.26 bits per heavy atom. The molecule has 0 atom stereocenters. The summed E-state index contributed by atoms with van der Waals surface area (Å²) in [6, 6.07) is 4.00. The Bertz CT molecular complexity index is 781. The van der Waals surface area contributed by atoms with Gasteiger partial charge in [-0.1, -0.05) is 6.92 Å². The van der Waals surface area contributed by atoms with E-state index in [1.54, 1.807) is 11.3 Å². The van der Waals surface area contributed by atoms with Crippen molar-refractivity contribution < 1.29 is 0 Å². The van der Waals surface area contributed by atoms with Crippen LogP contribution in [0.2, 0.25) is 0 Å². The summed E-state index contributed by atoms with van der Waals surface area (Å²) in [4.78, 5) is 13.5. The van der Waals surface area contributed by atoms with Gasteiger partial charge in [-0.2, -0.15) is 0 Å². The molecule has 0 amide bonds. The van der Waals surface area contributed by atoms with E-state index < -0.39 is 0 Å². The Morgan fingerprint density at radius 1 is 1.42 bits per heavy atom. The van der Waals surface area contributed by atoms with Gasteiger partial charge in [-0.15, -0.1) is 11.3 Å². The van der Waals surface area contributed by atoms with Gasteiger partial charge in [0.2, 0.25) is 0 Å². The summed E-state index contributed by atoms with van der Waals surface area (Å²) in [6.07, 6.45) is 2.96.